The lowest BCUT2D eigenvalue weighted by atomic mass is 10.00. The first-order valence-corrected chi connectivity index (χ1v) is 5.19. The van der Waals surface area contributed by atoms with Crippen LogP contribution in [0.5, 0.6) is 0 Å². The summed E-state index contributed by atoms with van der Waals surface area (Å²) in [6.07, 6.45) is 2.60. The third kappa shape index (κ3) is 1.37. The Bertz CT molecular complexity index is 306. The van der Waals surface area contributed by atoms with Crippen LogP contribution >= 0.6 is 0 Å². The fourth-order valence-corrected chi connectivity index (χ4v) is 2.32. The second-order valence-corrected chi connectivity index (χ2v) is 4.17. The molecule has 1 unspecified atom stereocenters. The largest absolute Gasteiger partial charge is 0.294 e. The van der Waals surface area contributed by atoms with Gasteiger partial charge in [0.2, 0.25) is 0 Å². The molecule has 0 radical (unpaired) electrons. The van der Waals surface area contributed by atoms with Crippen LogP contribution < -0.4 is 4.48 Å². The molecule has 1 heteroatoms. The molecule has 1 nitrogen and oxygen atoms in total. The molecule has 1 aliphatic rings. The highest BCUT2D eigenvalue weighted by atomic mass is 15.3. The van der Waals surface area contributed by atoms with Crippen molar-refractivity contribution in [3.63, 3.8) is 0 Å². The average Bonchev–Trinajstić information content (AvgIpc) is 2.19. The maximum absolute atomic E-state index is 2.35. The third-order valence-electron chi connectivity index (χ3n) is 3.37. The van der Waals surface area contributed by atoms with E-state index in [0.717, 1.165) is 4.48 Å². The maximum Gasteiger partial charge on any atom is 0.135 e. The molecule has 0 amide bonds. The van der Waals surface area contributed by atoms with Crippen LogP contribution in [-0.2, 0) is 6.42 Å². The van der Waals surface area contributed by atoms with Gasteiger partial charge in [0.1, 0.15) is 5.69 Å². The number of hydrogen-bond acceptors (Lipinski definition) is 0. The van der Waals surface area contributed by atoms with Gasteiger partial charge in [0.05, 0.1) is 20.1 Å². The van der Waals surface area contributed by atoms with E-state index in [0.29, 0.717) is 0 Å². The Morgan fingerprint density at radius 3 is 2.85 bits per heavy atom. The van der Waals surface area contributed by atoms with Crippen molar-refractivity contribution in [1.29, 1.82) is 0 Å². The number of benzene rings is 1. The normalized spacial score (nSPS) is 26.9. The summed E-state index contributed by atoms with van der Waals surface area (Å²) in [5, 5.41) is 0. The molecule has 0 bridgehead atoms. The minimum Gasteiger partial charge on any atom is -0.294 e. The molecule has 0 aromatic heterocycles. The van der Waals surface area contributed by atoms with E-state index >= 15 is 0 Å². The molecule has 0 fully saturated rings. The molecule has 1 atom stereocenters. The van der Waals surface area contributed by atoms with Crippen LogP contribution in [0.2, 0.25) is 0 Å². The Morgan fingerprint density at radius 1 is 1.31 bits per heavy atom. The fourth-order valence-electron chi connectivity index (χ4n) is 2.32. The SMILES string of the molecule is CC[N+]1(C)CCCc2ccccc21. The second kappa shape index (κ2) is 3.15. The van der Waals surface area contributed by atoms with Crippen molar-refractivity contribution in [2.45, 2.75) is 19.8 Å². The predicted molar refractivity (Wildman–Crippen MR) is 57.9 cm³/mol. The molecule has 0 saturated heterocycles. The average molecular weight is 176 g/mol. The summed E-state index contributed by atoms with van der Waals surface area (Å²) < 4.78 is 1.12. The Labute approximate surface area is 80.6 Å². The van der Waals surface area contributed by atoms with E-state index in [1.807, 2.05) is 0 Å². The van der Waals surface area contributed by atoms with E-state index in [1.165, 1.54) is 31.6 Å². The van der Waals surface area contributed by atoms with Gasteiger partial charge in [-0.05, 0) is 19.4 Å². The van der Waals surface area contributed by atoms with Crippen LogP contribution in [0.4, 0.5) is 5.69 Å². The summed E-state index contributed by atoms with van der Waals surface area (Å²) in [6, 6.07) is 8.89. The highest BCUT2D eigenvalue weighted by Gasteiger charge is 2.28. The van der Waals surface area contributed by atoms with Crippen molar-refractivity contribution in [3.05, 3.63) is 29.8 Å². The molecule has 0 spiro atoms. The zero-order valence-electron chi connectivity index (χ0n) is 8.59. The summed E-state index contributed by atoms with van der Waals surface area (Å²) >= 11 is 0. The Hall–Kier alpha value is -0.820. The first kappa shape index (κ1) is 8.76. The number of nitrogens with zero attached hydrogens (tertiary/aromatic N) is 1. The number of aryl methyl sites for hydroxylation is 1. The van der Waals surface area contributed by atoms with Crippen molar-refractivity contribution >= 4 is 5.69 Å². The highest BCUT2D eigenvalue weighted by Crippen LogP contribution is 2.31. The monoisotopic (exact) mass is 176 g/mol. The van der Waals surface area contributed by atoms with Gasteiger partial charge in [0, 0.05) is 12.0 Å². The Morgan fingerprint density at radius 2 is 2.08 bits per heavy atom. The van der Waals surface area contributed by atoms with E-state index in [1.54, 1.807) is 5.56 Å². The summed E-state index contributed by atoms with van der Waals surface area (Å²) in [5.41, 5.74) is 3.09. The molecule has 1 heterocycles. The fraction of sp³-hybridized carbons (Fsp3) is 0.500. The summed E-state index contributed by atoms with van der Waals surface area (Å²) in [4.78, 5) is 0. The summed E-state index contributed by atoms with van der Waals surface area (Å²) in [7, 11) is 2.35. The number of hydrogen-bond donors (Lipinski definition) is 0. The molecule has 1 aromatic rings. The summed E-state index contributed by atoms with van der Waals surface area (Å²) in [5.74, 6) is 0. The highest BCUT2D eigenvalue weighted by molar-refractivity contribution is 5.51. The number of quaternary nitrogens is 1. The second-order valence-electron chi connectivity index (χ2n) is 4.17. The Kier molecular flexibility index (Phi) is 2.12. The predicted octanol–water partition coefficient (Wildman–Crippen LogP) is 2.59. The molecule has 0 aliphatic carbocycles. The van der Waals surface area contributed by atoms with Gasteiger partial charge in [-0.25, -0.2) is 0 Å². The third-order valence-corrected chi connectivity index (χ3v) is 3.37. The van der Waals surface area contributed by atoms with Gasteiger partial charge in [-0.15, -0.1) is 0 Å². The molecule has 0 N–H and O–H groups in total. The lowest BCUT2D eigenvalue weighted by molar-refractivity contribution is 0.323. The van der Waals surface area contributed by atoms with E-state index in [9.17, 15) is 0 Å². The smallest absolute Gasteiger partial charge is 0.135 e. The molecule has 1 aromatic carbocycles. The van der Waals surface area contributed by atoms with Crippen molar-refractivity contribution < 1.29 is 0 Å². The Balaban J connectivity index is 2.48. The van der Waals surface area contributed by atoms with Crippen LogP contribution in [0.3, 0.4) is 0 Å². The zero-order chi connectivity index (χ0) is 9.31. The van der Waals surface area contributed by atoms with Crippen molar-refractivity contribution in [2.75, 3.05) is 20.1 Å². The molecule has 1 aliphatic heterocycles. The van der Waals surface area contributed by atoms with Gasteiger partial charge >= 0.3 is 0 Å². The van der Waals surface area contributed by atoms with Crippen LogP contribution in [0.1, 0.15) is 18.9 Å². The van der Waals surface area contributed by atoms with E-state index in [2.05, 4.69) is 38.2 Å². The molecule has 13 heavy (non-hydrogen) atoms. The molecular formula is C12H18N+. The van der Waals surface area contributed by atoms with E-state index in [4.69, 9.17) is 0 Å². The van der Waals surface area contributed by atoms with Gasteiger partial charge < -0.3 is 0 Å². The van der Waals surface area contributed by atoms with Crippen molar-refractivity contribution in [2.24, 2.45) is 0 Å². The van der Waals surface area contributed by atoms with E-state index < -0.39 is 0 Å². The lowest BCUT2D eigenvalue weighted by Gasteiger charge is -2.37. The number of fused-ring (bicyclic) bond motifs is 1. The first-order chi connectivity index (χ1) is 6.26. The van der Waals surface area contributed by atoms with Gasteiger partial charge in [-0.3, -0.25) is 4.48 Å². The van der Waals surface area contributed by atoms with E-state index in [-0.39, 0.29) is 0 Å². The molecule has 70 valence electrons. The van der Waals surface area contributed by atoms with Crippen molar-refractivity contribution in [1.82, 2.24) is 4.48 Å². The number of para-hydroxylation sites is 1. The van der Waals surface area contributed by atoms with Gasteiger partial charge in [0.15, 0.2) is 0 Å². The molecular weight excluding hydrogens is 158 g/mol. The van der Waals surface area contributed by atoms with Crippen LogP contribution in [0.15, 0.2) is 24.3 Å². The standard InChI is InChI=1S/C12H18N/c1-3-13(2)10-6-8-11-7-4-5-9-12(11)13/h4-5,7,9H,3,6,8,10H2,1-2H3/q+1. The molecule has 0 saturated carbocycles. The number of rotatable bonds is 1. The van der Waals surface area contributed by atoms with Gasteiger partial charge in [0.25, 0.3) is 0 Å². The first-order valence-electron chi connectivity index (χ1n) is 5.19. The zero-order valence-corrected chi connectivity index (χ0v) is 8.59. The summed E-state index contributed by atoms with van der Waals surface area (Å²) in [6.45, 7) is 4.78. The lowest BCUT2D eigenvalue weighted by Crippen LogP contribution is -2.48. The van der Waals surface area contributed by atoms with Gasteiger partial charge in [-0.1, -0.05) is 18.2 Å². The van der Waals surface area contributed by atoms with Crippen molar-refractivity contribution in [3.8, 4) is 0 Å². The topological polar surface area (TPSA) is 0 Å². The maximum atomic E-state index is 2.35. The quantitative estimate of drug-likeness (QED) is 0.577. The molecule has 2 rings (SSSR count). The van der Waals surface area contributed by atoms with Crippen LogP contribution in [0.25, 0.3) is 0 Å². The minimum absolute atomic E-state index is 1.12. The minimum atomic E-state index is 1.12. The van der Waals surface area contributed by atoms with Gasteiger partial charge in [-0.2, -0.15) is 0 Å². The van der Waals surface area contributed by atoms with Crippen LogP contribution in [0, 0.1) is 0 Å². The van der Waals surface area contributed by atoms with Crippen LogP contribution in [-0.4, -0.2) is 20.1 Å².